The molecule has 6 heteroatoms. The molecule has 1 aliphatic carbocycles. The average molecular weight is 365 g/mol. The first-order valence-corrected chi connectivity index (χ1v) is 7.94. The van der Waals surface area contributed by atoms with Gasteiger partial charge in [-0.1, -0.05) is 11.6 Å². The van der Waals surface area contributed by atoms with E-state index in [1.165, 1.54) is 12.1 Å². The molecule has 0 unspecified atom stereocenters. The molecular formula is C14H16BrClFNO2. The standard InChI is InChI=1S/C14H16BrClFNO2/c15-11-7-9(17)8-12(16)13(11)18-10-1-3-14(4-2-10)19-5-6-20-14/h7-8,10,18H,1-6H2. The van der Waals surface area contributed by atoms with Crippen LogP contribution in [-0.4, -0.2) is 25.0 Å². The van der Waals surface area contributed by atoms with Gasteiger partial charge in [-0.05, 0) is 40.9 Å². The van der Waals surface area contributed by atoms with Crippen LogP contribution in [0.15, 0.2) is 16.6 Å². The fraction of sp³-hybridized carbons (Fsp3) is 0.571. The quantitative estimate of drug-likeness (QED) is 0.847. The van der Waals surface area contributed by atoms with Crippen molar-refractivity contribution >= 4 is 33.2 Å². The summed E-state index contributed by atoms with van der Waals surface area (Å²) in [5.74, 6) is -0.704. The molecule has 20 heavy (non-hydrogen) atoms. The van der Waals surface area contributed by atoms with E-state index >= 15 is 0 Å². The maximum absolute atomic E-state index is 13.2. The summed E-state index contributed by atoms with van der Waals surface area (Å²) in [4.78, 5) is 0. The molecule has 1 saturated heterocycles. The summed E-state index contributed by atoms with van der Waals surface area (Å²) < 4.78 is 25.3. The lowest BCUT2D eigenvalue weighted by molar-refractivity contribution is -0.177. The number of anilines is 1. The van der Waals surface area contributed by atoms with E-state index in [9.17, 15) is 4.39 Å². The van der Waals surface area contributed by atoms with E-state index in [0.29, 0.717) is 28.8 Å². The van der Waals surface area contributed by atoms with Gasteiger partial charge in [-0.25, -0.2) is 4.39 Å². The van der Waals surface area contributed by atoms with Crippen LogP contribution in [0, 0.1) is 5.82 Å². The van der Waals surface area contributed by atoms with Crippen LogP contribution in [0.25, 0.3) is 0 Å². The molecule has 1 aliphatic heterocycles. The molecular weight excluding hydrogens is 349 g/mol. The summed E-state index contributed by atoms with van der Waals surface area (Å²) in [6.45, 7) is 1.38. The molecule has 3 rings (SSSR count). The van der Waals surface area contributed by atoms with Crippen LogP contribution in [0.4, 0.5) is 10.1 Å². The second kappa shape index (κ2) is 5.79. The largest absolute Gasteiger partial charge is 0.380 e. The fourth-order valence-corrected chi connectivity index (χ4v) is 3.79. The third kappa shape index (κ3) is 2.96. The number of ether oxygens (including phenoxy) is 2. The van der Waals surface area contributed by atoms with Gasteiger partial charge in [0.1, 0.15) is 5.82 Å². The number of rotatable bonds is 2. The first-order chi connectivity index (χ1) is 9.58. The Kier molecular flexibility index (Phi) is 4.22. The lowest BCUT2D eigenvalue weighted by Crippen LogP contribution is -2.39. The second-order valence-corrected chi connectivity index (χ2v) is 6.53. The van der Waals surface area contributed by atoms with E-state index < -0.39 is 0 Å². The molecule has 1 aromatic rings. The Labute approximate surface area is 130 Å². The summed E-state index contributed by atoms with van der Waals surface area (Å²) in [6.07, 6.45) is 3.64. The predicted molar refractivity (Wildman–Crippen MR) is 79.6 cm³/mol. The topological polar surface area (TPSA) is 30.5 Å². The summed E-state index contributed by atoms with van der Waals surface area (Å²) in [5.41, 5.74) is 0.752. The molecule has 1 heterocycles. The molecule has 1 saturated carbocycles. The zero-order chi connectivity index (χ0) is 14.2. The minimum absolute atomic E-state index is 0.299. The van der Waals surface area contributed by atoms with E-state index in [1.54, 1.807) is 0 Å². The third-order valence-corrected chi connectivity index (χ3v) is 4.84. The van der Waals surface area contributed by atoms with Crippen LogP contribution in [0.2, 0.25) is 5.02 Å². The van der Waals surface area contributed by atoms with Gasteiger partial charge in [0.25, 0.3) is 0 Å². The predicted octanol–water partition coefficient (Wildman–Crippen LogP) is 4.34. The zero-order valence-electron chi connectivity index (χ0n) is 10.9. The first-order valence-electron chi connectivity index (χ1n) is 6.77. The smallest absolute Gasteiger partial charge is 0.168 e. The van der Waals surface area contributed by atoms with Crippen molar-refractivity contribution in [2.24, 2.45) is 0 Å². The van der Waals surface area contributed by atoms with Crippen molar-refractivity contribution in [3.63, 3.8) is 0 Å². The fourth-order valence-electron chi connectivity index (χ4n) is 2.87. The van der Waals surface area contributed by atoms with Crippen LogP contribution >= 0.6 is 27.5 Å². The number of halogens is 3. The maximum Gasteiger partial charge on any atom is 0.168 e. The van der Waals surface area contributed by atoms with Crippen LogP contribution < -0.4 is 5.32 Å². The molecule has 0 bridgehead atoms. The van der Waals surface area contributed by atoms with Gasteiger partial charge in [0.2, 0.25) is 0 Å². The molecule has 110 valence electrons. The Bertz CT molecular complexity index is 475. The Balaban J connectivity index is 1.65. The van der Waals surface area contributed by atoms with Gasteiger partial charge in [0, 0.05) is 23.4 Å². The molecule has 0 atom stereocenters. The Morgan fingerprint density at radius 3 is 2.50 bits per heavy atom. The van der Waals surface area contributed by atoms with E-state index in [0.717, 1.165) is 31.4 Å². The van der Waals surface area contributed by atoms with Crippen LogP contribution in [0.5, 0.6) is 0 Å². The summed E-state index contributed by atoms with van der Waals surface area (Å²) in [7, 11) is 0. The molecule has 2 aliphatic rings. The Morgan fingerprint density at radius 2 is 1.90 bits per heavy atom. The van der Waals surface area contributed by atoms with Crippen LogP contribution in [-0.2, 0) is 9.47 Å². The summed E-state index contributed by atoms with van der Waals surface area (Å²) in [6, 6.07) is 3.04. The highest BCUT2D eigenvalue weighted by Crippen LogP contribution is 2.39. The first kappa shape index (κ1) is 14.6. The number of hydrogen-bond acceptors (Lipinski definition) is 3. The highest BCUT2D eigenvalue weighted by molar-refractivity contribution is 9.10. The lowest BCUT2D eigenvalue weighted by Gasteiger charge is -2.36. The van der Waals surface area contributed by atoms with E-state index in [-0.39, 0.29) is 11.6 Å². The van der Waals surface area contributed by atoms with Gasteiger partial charge in [0.05, 0.1) is 23.9 Å². The Morgan fingerprint density at radius 1 is 1.25 bits per heavy atom. The molecule has 0 radical (unpaired) electrons. The van der Waals surface area contributed by atoms with E-state index in [4.69, 9.17) is 21.1 Å². The Hall–Kier alpha value is -0.360. The van der Waals surface area contributed by atoms with E-state index in [1.807, 2.05) is 0 Å². The van der Waals surface area contributed by atoms with Gasteiger partial charge < -0.3 is 14.8 Å². The van der Waals surface area contributed by atoms with Crippen molar-refractivity contribution < 1.29 is 13.9 Å². The van der Waals surface area contributed by atoms with Crippen LogP contribution in [0.1, 0.15) is 25.7 Å². The van der Waals surface area contributed by atoms with Crippen molar-refractivity contribution in [2.75, 3.05) is 18.5 Å². The number of hydrogen-bond donors (Lipinski definition) is 1. The van der Waals surface area contributed by atoms with Gasteiger partial charge >= 0.3 is 0 Å². The van der Waals surface area contributed by atoms with Gasteiger partial charge in [-0.2, -0.15) is 0 Å². The molecule has 1 aromatic carbocycles. The SMILES string of the molecule is Fc1cc(Cl)c(NC2CCC3(CC2)OCCO3)c(Br)c1. The summed E-state index contributed by atoms with van der Waals surface area (Å²) >= 11 is 9.44. The van der Waals surface area contributed by atoms with E-state index in [2.05, 4.69) is 21.2 Å². The van der Waals surface area contributed by atoms with Gasteiger partial charge in [-0.15, -0.1) is 0 Å². The van der Waals surface area contributed by atoms with Gasteiger partial charge in [0.15, 0.2) is 5.79 Å². The monoisotopic (exact) mass is 363 g/mol. The number of benzene rings is 1. The molecule has 1 spiro atoms. The van der Waals surface area contributed by atoms with Crippen molar-refractivity contribution in [1.82, 2.24) is 0 Å². The van der Waals surface area contributed by atoms with Crippen molar-refractivity contribution in [2.45, 2.75) is 37.5 Å². The second-order valence-electron chi connectivity index (χ2n) is 5.27. The van der Waals surface area contributed by atoms with Crippen molar-refractivity contribution in [3.8, 4) is 0 Å². The molecule has 2 fully saturated rings. The highest BCUT2D eigenvalue weighted by Gasteiger charge is 2.40. The van der Waals surface area contributed by atoms with Crippen molar-refractivity contribution in [1.29, 1.82) is 0 Å². The highest BCUT2D eigenvalue weighted by atomic mass is 79.9. The van der Waals surface area contributed by atoms with Crippen LogP contribution in [0.3, 0.4) is 0 Å². The molecule has 0 amide bonds. The maximum atomic E-state index is 13.2. The molecule has 1 N–H and O–H groups in total. The minimum atomic E-state index is -0.359. The minimum Gasteiger partial charge on any atom is -0.380 e. The normalized spacial score (nSPS) is 22.4. The summed E-state index contributed by atoms with van der Waals surface area (Å²) in [5, 5.41) is 3.79. The third-order valence-electron chi connectivity index (χ3n) is 3.92. The van der Waals surface area contributed by atoms with Crippen molar-refractivity contribution in [3.05, 3.63) is 27.4 Å². The molecule has 3 nitrogen and oxygen atoms in total. The lowest BCUT2D eigenvalue weighted by atomic mass is 9.90. The zero-order valence-corrected chi connectivity index (χ0v) is 13.3. The van der Waals surface area contributed by atoms with Gasteiger partial charge in [-0.3, -0.25) is 0 Å². The number of nitrogens with one attached hydrogen (secondary N) is 1. The molecule has 0 aromatic heterocycles. The average Bonchev–Trinajstić information content (AvgIpc) is 2.85.